The summed E-state index contributed by atoms with van der Waals surface area (Å²) >= 11 is 0. The SMILES string of the molecule is Cc1ncc(CN[C@@H]2CCC[C@H]2OC(F)F)n1C. The normalized spacial score (nSPS) is 24.1. The first-order valence-electron chi connectivity index (χ1n) is 6.22. The standard InChI is InChI=1S/C12H19F2N3O/c1-8-15-6-9(17(8)2)7-16-10-4-3-5-11(10)18-12(13)14/h6,10-12,16H,3-5,7H2,1-2H3/t10-,11-/m1/s1. The van der Waals surface area contributed by atoms with E-state index in [9.17, 15) is 8.78 Å². The van der Waals surface area contributed by atoms with Crippen LogP contribution in [0.5, 0.6) is 0 Å². The van der Waals surface area contributed by atoms with Crippen molar-refractivity contribution in [3.63, 3.8) is 0 Å². The molecule has 0 radical (unpaired) electrons. The minimum absolute atomic E-state index is 0.00852. The van der Waals surface area contributed by atoms with E-state index in [1.54, 1.807) is 6.20 Å². The van der Waals surface area contributed by atoms with Crippen molar-refractivity contribution >= 4 is 0 Å². The smallest absolute Gasteiger partial charge is 0.334 e. The van der Waals surface area contributed by atoms with E-state index in [0.29, 0.717) is 13.0 Å². The molecule has 0 aliphatic heterocycles. The fourth-order valence-corrected chi connectivity index (χ4v) is 2.40. The Morgan fingerprint density at radius 1 is 1.56 bits per heavy atom. The van der Waals surface area contributed by atoms with E-state index in [4.69, 9.17) is 0 Å². The highest BCUT2D eigenvalue weighted by molar-refractivity contribution is 5.03. The van der Waals surface area contributed by atoms with E-state index in [0.717, 1.165) is 24.4 Å². The number of alkyl halides is 2. The average Bonchev–Trinajstić information content (AvgIpc) is 2.86. The topological polar surface area (TPSA) is 39.1 Å². The molecule has 1 fully saturated rings. The molecule has 0 aromatic carbocycles. The number of nitrogens with zero attached hydrogens (tertiary/aromatic N) is 2. The van der Waals surface area contributed by atoms with Gasteiger partial charge in [0.1, 0.15) is 5.82 Å². The summed E-state index contributed by atoms with van der Waals surface area (Å²) in [6, 6.07) is 0.00852. The van der Waals surface area contributed by atoms with E-state index in [-0.39, 0.29) is 12.1 Å². The zero-order chi connectivity index (χ0) is 13.1. The third-order valence-corrected chi connectivity index (χ3v) is 3.59. The van der Waals surface area contributed by atoms with E-state index in [1.165, 1.54) is 0 Å². The molecular weight excluding hydrogens is 240 g/mol. The monoisotopic (exact) mass is 259 g/mol. The van der Waals surface area contributed by atoms with Gasteiger partial charge in [-0.2, -0.15) is 8.78 Å². The minimum atomic E-state index is -2.68. The van der Waals surface area contributed by atoms with Crippen molar-refractivity contribution in [3.05, 3.63) is 17.7 Å². The molecule has 2 rings (SSSR count). The molecule has 0 unspecified atom stereocenters. The van der Waals surface area contributed by atoms with Gasteiger partial charge in [-0.3, -0.25) is 0 Å². The first-order chi connectivity index (χ1) is 8.58. The Hall–Kier alpha value is -1.01. The van der Waals surface area contributed by atoms with Gasteiger partial charge in [0.25, 0.3) is 0 Å². The van der Waals surface area contributed by atoms with Crippen LogP contribution >= 0.6 is 0 Å². The number of aromatic nitrogens is 2. The van der Waals surface area contributed by atoms with E-state index in [1.807, 2.05) is 18.5 Å². The number of imidazole rings is 1. The minimum Gasteiger partial charge on any atom is -0.334 e. The molecule has 102 valence electrons. The number of ether oxygens (including phenoxy) is 1. The Labute approximate surface area is 105 Å². The largest absolute Gasteiger partial charge is 0.345 e. The first-order valence-corrected chi connectivity index (χ1v) is 6.22. The lowest BCUT2D eigenvalue weighted by Gasteiger charge is -2.21. The van der Waals surface area contributed by atoms with Gasteiger partial charge in [0.2, 0.25) is 0 Å². The number of aryl methyl sites for hydroxylation is 1. The number of hydrogen-bond donors (Lipinski definition) is 1. The zero-order valence-electron chi connectivity index (χ0n) is 10.7. The summed E-state index contributed by atoms with van der Waals surface area (Å²) in [5.74, 6) is 0.943. The summed E-state index contributed by atoms with van der Waals surface area (Å²) in [6.45, 7) is -0.122. The van der Waals surface area contributed by atoms with Gasteiger partial charge in [0.05, 0.1) is 11.8 Å². The highest BCUT2D eigenvalue weighted by Gasteiger charge is 2.30. The van der Waals surface area contributed by atoms with Gasteiger partial charge >= 0.3 is 6.61 Å². The molecule has 0 bridgehead atoms. The van der Waals surface area contributed by atoms with Crippen molar-refractivity contribution < 1.29 is 13.5 Å². The number of hydrogen-bond acceptors (Lipinski definition) is 3. The summed E-state index contributed by atoms with van der Waals surface area (Å²) in [5.41, 5.74) is 1.05. The fraction of sp³-hybridized carbons (Fsp3) is 0.750. The van der Waals surface area contributed by atoms with Gasteiger partial charge in [0, 0.05) is 25.8 Å². The summed E-state index contributed by atoms with van der Waals surface area (Å²) < 4.78 is 31.1. The van der Waals surface area contributed by atoms with Gasteiger partial charge in [-0.1, -0.05) is 0 Å². The molecular formula is C12H19F2N3O. The molecule has 2 atom stereocenters. The Bertz CT molecular complexity index is 395. The number of halogens is 2. The van der Waals surface area contributed by atoms with Crippen molar-refractivity contribution in [1.82, 2.24) is 14.9 Å². The van der Waals surface area contributed by atoms with Crippen LogP contribution in [-0.2, 0) is 18.3 Å². The van der Waals surface area contributed by atoms with Crippen LogP contribution in [0.25, 0.3) is 0 Å². The summed E-state index contributed by atoms with van der Waals surface area (Å²) in [4.78, 5) is 4.20. The number of rotatable bonds is 5. The van der Waals surface area contributed by atoms with Crippen LogP contribution in [0, 0.1) is 6.92 Å². The van der Waals surface area contributed by atoms with Gasteiger partial charge in [-0.05, 0) is 26.2 Å². The van der Waals surface area contributed by atoms with Crippen molar-refractivity contribution in [2.24, 2.45) is 7.05 Å². The van der Waals surface area contributed by atoms with Crippen LogP contribution in [-0.4, -0.2) is 28.3 Å². The maximum absolute atomic E-state index is 12.2. The molecule has 1 aromatic rings. The lowest BCUT2D eigenvalue weighted by molar-refractivity contribution is -0.165. The maximum atomic E-state index is 12.2. The summed E-state index contributed by atoms with van der Waals surface area (Å²) in [5, 5.41) is 3.29. The quantitative estimate of drug-likeness (QED) is 0.878. The molecule has 0 saturated heterocycles. The lowest BCUT2D eigenvalue weighted by atomic mass is 10.2. The van der Waals surface area contributed by atoms with Crippen LogP contribution in [0.2, 0.25) is 0 Å². The summed E-state index contributed by atoms with van der Waals surface area (Å²) in [7, 11) is 1.95. The van der Waals surface area contributed by atoms with Gasteiger partial charge in [-0.25, -0.2) is 4.98 Å². The van der Waals surface area contributed by atoms with Gasteiger partial charge in [-0.15, -0.1) is 0 Å². The van der Waals surface area contributed by atoms with Crippen LogP contribution in [0.3, 0.4) is 0 Å². The second-order valence-electron chi connectivity index (χ2n) is 4.71. The van der Waals surface area contributed by atoms with Gasteiger partial charge < -0.3 is 14.6 Å². The molecule has 0 amide bonds. The third kappa shape index (κ3) is 3.05. The Kier molecular flexibility index (Phi) is 4.29. The second kappa shape index (κ2) is 5.75. The lowest BCUT2D eigenvalue weighted by Crippen LogP contribution is -2.38. The van der Waals surface area contributed by atoms with Crippen LogP contribution in [0.15, 0.2) is 6.20 Å². The molecule has 1 aromatic heterocycles. The van der Waals surface area contributed by atoms with E-state index < -0.39 is 6.61 Å². The molecule has 0 spiro atoms. The van der Waals surface area contributed by atoms with Crippen molar-refractivity contribution in [1.29, 1.82) is 0 Å². The maximum Gasteiger partial charge on any atom is 0.345 e. The number of nitrogens with one attached hydrogen (secondary N) is 1. The summed E-state index contributed by atoms with van der Waals surface area (Å²) in [6.07, 6.45) is 3.94. The van der Waals surface area contributed by atoms with Crippen LogP contribution in [0.1, 0.15) is 30.8 Å². The fourth-order valence-electron chi connectivity index (χ4n) is 2.40. The van der Waals surface area contributed by atoms with E-state index >= 15 is 0 Å². The molecule has 1 N–H and O–H groups in total. The average molecular weight is 259 g/mol. The molecule has 1 saturated carbocycles. The second-order valence-corrected chi connectivity index (χ2v) is 4.71. The molecule has 18 heavy (non-hydrogen) atoms. The Morgan fingerprint density at radius 3 is 2.94 bits per heavy atom. The molecule has 4 nitrogen and oxygen atoms in total. The van der Waals surface area contributed by atoms with E-state index in [2.05, 4.69) is 15.0 Å². The predicted molar refractivity (Wildman–Crippen MR) is 63.3 cm³/mol. The molecule has 1 aliphatic carbocycles. The first kappa shape index (κ1) is 13.4. The van der Waals surface area contributed by atoms with Crippen molar-refractivity contribution in [3.8, 4) is 0 Å². The Balaban J connectivity index is 1.87. The van der Waals surface area contributed by atoms with Crippen LogP contribution < -0.4 is 5.32 Å². The zero-order valence-corrected chi connectivity index (χ0v) is 10.7. The van der Waals surface area contributed by atoms with Crippen LogP contribution in [0.4, 0.5) is 8.78 Å². The molecule has 6 heteroatoms. The van der Waals surface area contributed by atoms with Crippen molar-refractivity contribution in [2.75, 3.05) is 0 Å². The highest BCUT2D eigenvalue weighted by Crippen LogP contribution is 2.24. The molecule has 1 heterocycles. The Morgan fingerprint density at radius 2 is 2.33 bits per heavy atom. The predicted octanol–water partition coefficient (Wildman–Crippen LogP) is 1.98. The third-order valence-electron chi connectivity index (χ3n) is 3.59. The molecule has 1 aliphatic rings. The van der Waals surface area contributed by atoms with Crippen molar-refractivity contribution in [2.45, 2.75) is 51.5 Å². The van der Waals surface area contributed by atoms with Gasteiger partial charge in [0.15, 0.2) is 0 Å². The highest BCUT2D eigenvalue weighted by atomic mass is 19.3.